The van der Waals surface area contributed by atoms with Crippen LogP contribution in [-0.4, -0.2) is 110 Å². The van der Waals surface area contributed by atoms with Gasteiger partial charge in [-0.2, -0.15) is 0 Å². The largest absolute Gasteiger partial charge is 0.497 e. The lowest BCUT2D eigenvalue weighted by Crippen LogP contribution is -2.49. The summed E-state index contributed by atoms with van der Waals surface area (Å²) in [5, 5.41) is 1.65. The van der Waals surface area contributed by atoms with Crippen molar-refractivity contribution in [3.05, 3.63) is 30.5 Å². The van der Waals surface area contributed by atoms with E-state index in [0.29, 0.717) is 37.8 Å². The summed E-state index contributed by atoms with van der Waals surface area (Å²) in [5.41, 5.74) is -2.29. The molecule has 5 rings (SSSR count). The van der Waals surface area contributed by atoms with Crippen molar-refractivity contribution in [2.75, 3.05) is 53.6 Å². The van der Waals surface area contributed by atoms with Crippen LogP contribution >= 0.6 is 0 Å². The Morgan fingerprint density at radius 1 is 1.06 bits per heavy atom. The van der Waals surface area contributed by atoms with Crippen molar-refractivity contribution in [1.82, 2.24) is 14.8 Å². The highest BCUT2D eigenvalue weighted by atomic mass is 16.6. The number of amides is 1. The van der Waals surface area contributed by atoms with E-state index in [0.717, 1.165) is 30.3 Å². The van der Waals surface area contributed by atoms with Gasteiger partial charge in [0.1, 0.15) is 17.5 Å². The summed E-state index contributed by atoms with van der Waals surface area (Å²) in [7, 11) is 2.95. The Bertz CT molecular complexity index is 1600. The number of methoxy groups -OCH3 is 2. The Morgan fingerprint density at radius 3 is 2.41 bits per heavy atom. The maximum atomic E-state index is 14.7. The molecule has 3 heterocycles. The van der Waals surface area contributed by atoms with Crippen LogP contribution in [0.5, 0.6) is 11.6 Å². The molecular weight excluding hydrogens is 654 g/mol. The van der Waals surface area contributed by atoms with E-state index in [9.17, 15) is 19.2 Å². The number of carbonyl (C=O) groups is 4. The minimum atomic E-state index is -0.885. The Balaban J connectivity index is 1.39. The maximum Gasteiger partial charge on any atom is 0.312 e. The quantitative estimate of drug-likeness (QED) is 0.250. The van der Waals surface area contributed by atoms with E-state index in [1.54, 1.807) is 18.2 Å². The second kappa shape index (κ2) is 15.5. The summed E-state index contributed by atoms with van der Waals surface area (Å²) >= 11 is 0. The Morgan fingerprint density at radius 2 is 1.78 bits per heavy atom. The molecule has 1 aromatic heterocycles. The zero-order valence-corrected chi connectivity index (χ0v) is 31.5. The number of ether oxygens (including phenoxy) is 5. The second-order valence-corrected chi connectivity index (χ2v) is 16.0. The van der Waals surface area contributed by atoms with Crippen molar-refractivity contribution >= 4 is 34.4 Å². The highest BCUT2D eigenvalue weighted by Crippen LogP contribution is 2.58. The van der Waals surface area contributed by atoms with Crippen LogP contribution in [0.3, 0.4) is 0 Å². The number of esters is 2. The number of benzene rings is 1. The summed E-state index contributed by atoms with van der Waals surface area (Å²) in [6.45, 7) is 15.0. The van der Waals surface area contributed by atoms with E-state index in [4.69, 9.17) is 23.7 Å². The number of likely N-dealkylation sites (tertiary alicyclic amines) is 1. The lowest BCUT2D eigenvalue weighted by Gasteiger charge is -2.37. The number of pyridine rings is 1. The fourth-order valence-electron chi connectivity index (χ4n) is 7.84. The number of ketones is 1. The van der Waals surface area contributed by atoms with E-state index in [1.807, 2.05) is 65.8 Å². The number of nitrogens with zero attached hydrogens (tertiary/aromatic N) is 3. The maximum absolute atomic E-state index is 14.7. The van der Waals surface area contributed by atoms with Crippen molar-refractivity contribution in [2.24, 2.45) is 22.7 Å². The van der Waals surface area contributed by atoms with Gasteiger partial charge in [-0.1, -0.05) is 34.1 Å². The fourth-order valence-corrected chi connectivity index (χ4v) is 7.84. The van der Waals surface area contributed by atoms with Crippen molar-refractivity contribution in [2.45, 2.75) is 91.4 Å². The van der Waals surface area contributed by atoms with Gasteiger partial charge in [0.25, 0.3) is 0 Å². The summed E-state index contributed by atoms with van der Waals surface area (Å²) in [5.74, 6) is -1.05. The van der Waals surface area contributed by atoms with Crippen LogP contribution in [0.25, 0.3) is 10.8 Å². The summed E-state index contributed by atoms with van der Waals surface area (Å²) in [4.78, 5) is 63.7. The van der Waals surface area contributed by atoms with Gasteiger partial charge in [0.15, 0.2) is 5.78 Å². The number of carbonyl (C=O) groups excluding carboxylic acids is 4. The molecule has 12 nitrogen and oxygen atoms in total. The lowest BCUT2D eigenvalue weighted by molar-refractivity contribution is -0.164. The molecule has 2 aromatic rings. The monoisotopic (exact) mass is 709 g/mol. The van der Waals surface area contributed by atoms with E-state index in [1.165, 1.54) is 7.11 Å². The van der Waals surface area contributed by atoms with Crippen LogP contribution in [0.15, 0.2) is 30.5 Å². The average Bonchev–Trinajstić information content (AvgIpc) is 3.64. The minimum absolute atomic E-state index is 0.0242. The van der Waals surface area contributed by atoms with Crippen molar-refractivity contribution in [3.8, 4) is 11.6 Å². The molecule has 3 fully saturated rings. The molecule has 12 heteroatoms. The standard InChI is InChI=1S/C39H55N3O9/c1-9-26-21-39(26,36(46)48-8)22-32(43)31-19-28(50-34-29-11-10-27(47-7)18-25(29)12-13-40-34)23-42(31)35(45)30(37(2,3)4)20-33(44)51-38(5,6)24-41-14-16-49-17-15-41/h10-13,18,26,28,30-31H,9,14-17,19-24H2,1-8H3/t26-,28-,30-,31+,39-/m1/s1. The van der Waals surface area contributed by atoms with Crippen LogP contribution < -0.4 is 9.47 Å². The van der Waals surface area contributed by atoms with Gasteiger partial charge >= 0.3 is 11.9 Å². The number of hydrogen-bond donors (Lipinski definition) is 0. The molecule has 280 valence electrons. The fraction of sp³-hybridized carbons (Fsp3) is 0.667. The first kappa shape index (κ1) is 38.5. The first-order valence-electron chi connectivity index (χ1n) is 18.1. The topological polar surface area (TPSA) is 134 Å². The average molecular weight is 710 g/mol. The van der Waals surface area contributed by atoms with Crippen molar-refractivity contribution in [3.63, 3.8) is 0 Å². The lowest BCUT2D eigenvalue weighted by atomic mass is 9.77. The third-order valence-electron chi connectivity index (χ3n) is 10.7. The number of morpholine rings is 1. The molecule has 0 bridgehead atoms. The number of aromatic nitrogens is 1. The molecule has 0 N–H and O–H groups in total. The van der Waals surface area contributed by atoms with E-state index in [2.05, 4.69) is 9.88 Å². The van der Waals surface area contributed by atoms with Gasteiger partial charge in [-0.05, 0) is 61.3 Å². The molecular formula is C39H55N3O9. The van der Waals surface area contributed by atoms with Crippen LogP contribution in [-0.2, 0) is 33.4 Å². The smallest absolute Gasteiger partial charge is 0.312 e. The predicted octanol–water partition coefficient (Wildman–Crippen LogP) is 4.85. The van der Waals surface area contributed by atoms with Gasteiger partial charge < -0.3 is 28.6 Å². The van der Waals surface area contributed by atoms with Gasteiger partial charge in [-0.3, -0.25) is 24.1 Å². The summed E-state index contributed by atoms with van der Waals surface area (Å²) in [6, 6.07) is 6.60. The number of Topliss-reactive ketones (excluding diaryl/α,β-unsaturated/α-hetero) is 1. The molecule has 1 aliphatic carbocycles. The first-order valence-corrected chi connectivity index (χ1v) is 18.1. The zero-order valence-electron chi connectivity index (χ0n) is 31.5. The Labute approximate surface area is 301 Å². The Kier molecular flexibility index (Phi) is 11.7. The normalized spacial score (nSPS) is 24.5. The molecule has 3 aliphatic rings. The third-order valence-corrected chi connectivity index (χ3v) is 10.7. The third kappa shape index (κ3) is 8.83. The second-order valence-electron chi connectivity index (χ2n) is 16.0. The molecule has 2 aliphatic heterocycles. The number of hydrogen-bond acceptors (Lipinski definition) is 11. The van der Waals surface area contributed by atoms with Gasteiger partial charge in [0.05, 0.1) is 57.8 Å². The molecule has 1 aromatic carbocycles. The molecule has 5 atom stereocenters. The molecule has 1 amide bonds. The summed E-state index contributed by atoms with van der Waals surface area (Å²) in [6.07, 6.45) is 2.46. The highest BCUT2D eigenvalue weighted by molar-refractivity contribution is 5.96. The molecule has 51 heavy (non-hydrogen) atoms. The molecule has 1 saturated carbocycles. The molecule has 0 radical (unpaired) electrons. The Hall–Kier alpha value is -3.77. The van der Waals surface area contributed by atoms with Gasteiger partial charge in [0.2, 0.25) is 11.8 Å². The zero-order chi connectivity index (χ0) is 37.1. The van der Waals surface area contributed by atoms with E-state index < -0.39 is 46.4 Å². The van der Waals surface area contributed by atoms with Crippen LogP contribution in [0, 0.1) is 22.7 Å². The van der Waals surface area contributed by atoms with E-state index in [-0.39, 0.29) is 43.4 Å². The van der Waals surface area contributed by atoms with E-state index >= 15 is 0 Å². The van der Waals surface area contributed by atoms with Gasteiger partial charge in [-0.15, -0.1) is 0 Å². The number of fused-ring (bicyclic) bond motifs is 1. The minimum Gasteiger partial charge on any atom is -0.497 e. The van der Waals surface area contributed by atoms with Gasteiger partial charge in [-0.25, -0.2) is 4.98 Å². The molecule has 2 saturated heterocycles. The van der Waals surface area contributed by atoms with Gasteiger partial charge in [0, 0.05) is 44.1 Å². The SMILES string of the molecule is CC[C@@H]1C[C@]1(CC(=O)[C@@H]1C[C@@H](Oc2nccc3cc(OC)ccc23)CN1C(=O)[C@@H](CC(=O)OC(C)(C)CN1CCOCC1)C(C)(C)C)C(=O)OC. The molecule has 0 spiro atoms. The van der Waals surface area contributed by atoms with Crippen LogP contribution in [0.4, 0.5) is 0 Å². The van der Waals surface area contributed by atoms with Crippen molar-refractivity contribution < 1.29 is 42.9 Å². The number of rotatable bonds is 14. The first-order chi connectivity index (χ1) is 24.1. The molecule has 0 unspecified atom stereocenters. The summed E-state index contributed by atoms with van der Waals surface area (Å²) < 4.78 is 28.5. The highest BCUT2D eigenvalue weighted by Gasteiger charge is 2.61. The predicted molar refractivity (Wildman–Crippen MR) is 190 cm³/mol. The van der Waals surface area contributed by atoms with Crippen LogP contribution in [0.2, 0.25) is 0 Å². The van der Waals surface area contributed by atoms with Crippen molar-refractivity contribution in [1.29, 1.82) is 0 Å². The van der Waals surface area contributed by atoms with Crippen LogP contribution in [0.1, 0.15) is 73.6 Å².